The van der Waals surface area contributed by atoms with Crippen molar-refractivity contribution in [2.75, 3.05) is 13.7 Å². The molecular weight excluding hydrogens is 284 g/mol. The van der Waals surface area contributed by atoms with Gasteiger partial charge in [-0.1, -0.05) is 29.8 Å². The van der Waals surface area contributed by atoms with Gasteiger partial charge in [0.25, 0.3) is 0 Å². The summed E-state index contributed by atoms with van der Waals surface area (Å²) in [7, 11) is 1.69. The standard InChI is InChI=1S/C20H24N2O/c1-14-11-15(2)20(16(3)12-14)19-9-10-22(21-19)13-17-5-7-18(23-4)8-6-17/h5-8,11-12H,9-10,13H2,1-4H3. The maximum Gasteiger partial charge on any atom is 0.118 e. The normalized spacial score (nSPS) is 14.1. The lowest BCUT2D eigenvalue weighted by atomic mass is 9.95. The second-order valence-corrected chi connectivity index (χ2v) is 6.31. The topological polar surface area (TPSA) is 24.8 Å². The molecule has 2 aromatic carbocycles. The van der Waals surface area contributed by atoms with Gasteiger partial charge in [0.15, 0.2) is 0 Å². The summed E-state index contributed by atoms with van der Waals surface area (Å²) in [5, 5.41) is 7.03. The number of ether oxygens (including phenoxy) is 1. The Labute approximate surface area is 138 Å². The third kappa shape index (κ3) is 3.39. The van der Waals surface area contributed by atoms with Crippen LogP contribution in [0.1, 0.15) is 34.2 Å². The van der Waals surface area contributed by atoms with Gasteiger partial charge in [-0.25, -0.2) is 0 Å². The molecule has 0 spiro atoms. The molecule has 1 aliphatic rings. The quantitative estimate of drug-likeness (QED) is 0.844. The lowest BCUT2D eigenvalue weighted by Gasteiger charge is -2.14. The zero-order valence-electron chi connectivity index (χ0n) is 14.4. The number of aryl methyl sites for hydroxylation is 3. The fraction of sp³-hybridized carbons (Fsp3) is 0.350. The SMILES string of the molecule is COc1ccc(CN2CCC(c3c(C)cc(C)cc3C)=N2)cc1. The first-order chi connectivity index (χ1) is 11.1. The van der Waals surface area contributed by atoms with Gasteiger partial charge in [-0.05, 0) is 49.6 Å². The minimum Gasteiger partial charge on any atom is -0.497 e. The van der Waals surface area contributed by atoms with Crippen LogP contribution in [0.4, 0.5) is 0 Å². The highest BCUT2D eigenvalue weighted by molar-refractivity contribution is 6.03. The van der Waals surface area contributed by atoms with Crippen LogP contribution in [0, 0.1) is 20.8 Å². The number of benzene rings is 2. The van der Waals surface area contributed by atoms with Gasteiger partial charge in [-0.3, -0.25) is 5.01 Å². The molecule has 23 heavy (non-hydrogen) atoms. The van der Waals surface area contributed by atoms with Crippen molar-refractivity contribution < 1.29 is 4.74 Å². The number of methoxy groups -OCH3 is 1. The van der Waals surface area contributed by atoms with Crippen LogP contribution in [0.25, 0.3) is 0 Å². The van der Waals surface area contributed by atoms with Gasteiger partial charge >= 0.3 is 0 Å². The summed E-state index contributed by atoms with van der Waals surface area (Å²) in [5.41, 5.74) is 7.77. The third-order valence-corrected chi connectivity index (χ3v) is 4.36. The van der Waals surface area contributed by atoms with Gasteiger partial charge in [-0.15, -0.1) is 0 Å². The van der Waals surface area contributed by atoms with Gasteiger partial charge in [0.2, 0.25) is 0 Å². The van der Waals surface area contributed by atoms with E-state index < -0.39 is 0 Å². The van der Waals surface area contributed by atoms with Crippen LogP contribution in [0.5, 0.6) is 5.75 Å². The molecule has 0 aliphatic carbocycles. The Morgan fingerprint density at radius 1 is 1.04 bits per heavy atom. The van der Waals surface area contributed by atoms with E-state index in [2.05, 4.69) is 50.0 Å². The van der Waals surface area contributed by atoms with Crippen LogP contribution in [0.3, 0.4) is 0 Å². The molecule has 3 nitrogen and oxygen atoms in total. The summed E-state index contributed by atoms with van der Waals surface area (Å²) >= 11 is 0. The molecule has 0 N–H and O–H groups in total. The highest BCUT2D eigenvalue weighted by Crippen LogP contribution is 2.23. The van der Waals surface area contributed by atoms with Gasteiger partial charge in [0, 0.05) is 18.5 Å². The highest BCUT2D eigenvalue weighted by Gasteiger charge is 2.19. The number of rotatable bonds is 4. The van der Waals surface area contributed by atoms with Crippen LogP contribution in [0.15, 0.2) is 41.5 Å². The van der Waals surface area contributed by atoms with E-state index in [0.29, 0.717) is 0 Å². The van der Waals surface area contributed by atoms with Crippen LogP contribution < -0.4 is 4.74 Å². The van der Waals surface area contributed by atoms with Crippen LogP contribution >= 0.6 is 0 Å². The molecule has 3 heteroatoms. The number of hydrazone groups is 1. The van der Waals surface area contributed by atoms with Crippen molar-refractivity contribution in [1.82, 2.24) is 5.01 Å². The first-order valence-corrected chi connectivity index (χ1v) is 8.10. The van der Waals surface area contributed by atoms with E-state index in [9.17, 15) is 0 Å². The molecule has 0 radical (unpaired) electrons. The molecule has 0 saturated carbocycles. The van der Waals surface area contributed by atoms with Crippen LogP contribution in [0.2, 0.25) is 0 Å². The Morgan fingerprint density at radius 2 is 1.70 bits per heavy atom. The second-order valence-electron chi connectivity index (χ2n) is 6.31. The zero-order valence-corrected chi connectivity index (χ0v) is 14.4. The van der Waals surface area contributed by atoms with Gasteiger partial charge < -0.3 is 4.74 Å². The summed E-state index contributed by atoms with van der Waals surface area (Å²) in [4.78, 5) is 0. The Hall–Kier alpha value is -2.29. The van der Waals surface area contributed by atoms with E-state index >= 15 is 0 Å². The van der Waals surface area contributed by atoms with Crippen molar-refractivity contribution in [2.24, 2.45) is 5.10 Å². The summed E-state index contributed by atoms with van der Waals surface area (Å²) < 4.78 is 5.21. The lowest BCUT2D eigenvalue weighted by molar-refractivity contribution is 0.310. The minimum atomic E-state index is 0.845. The average Bonchev–Trinajstić information content (AvgIpc) is 2.95. The zero-order chi connectivity index (χ0) is 16.4. The molecule has 0 fully saturated rings. The summed E-state index contributed by atoms with van der Waals surface area (Å²) in [6.07, 6.45) is 1.01. The van der Waals surface area contributed by atoms with Crippen molar-refractivity contribution in [3.8, 4) is 5.75 Å². The van der Waals surface area contributed by atoms with Crippen molar-refractivity contribution in [3.63, 3.8) is 0 Å². The molecular formula is C20H24N2O. The molecule has 0 bridgehead atoms. The van der Waals surface area contributed by atoms with Crippen LogP contribution in [-0.4, -0.2) is 24.4 Å². The van der Waals surface area contributed by atoms with Crippen molar-refractivity contribution in [2.45, 2.75) is 33.7 Å². The molecule has 3 rings (SSSR count). The average molecular weight is 308 g/mol. The summed E-state index contributed by atoms with van der Waals surface area (Å²) in [5.74, 6) is 0.894. The minimum absolute atomic E-state index is 0.845. The Morgan fingerprint density at radius 3 is 2.30 bits per heavy atom. The summed E-state index contributed by atoms with van der Waals surface area (Å²) in [6, 6.07) is 12.7. The fourth-order valence-electron chi connectivity index (χ4n) is 3.37. The van der Waals surface area contributed by atoms with E-state index in [1.165, 1.54) is 33.5 Å². The molecule has 1 heterocycles. The monoisotopic (exact) mass is 308 g/mol. The highest BCUT2D eigenvalue weighted by atomic mass is 16.5. The maximum absolute atomic E-state index is 5.21. The molecule has 0 saturated heterocycles. The van der Waals surface area contributed by atoms with E-state index in [1.54, 1.807) is 7.11 Å². The maximum atomic E-state index is 5.21. The first-order valence-electron chi connectivity index (χ1n) is 8.10. The molecule has 0 atom stereocenters. The molecule has 0 unspecified atom stereocenters. The predicted octanol–water partition coefficient (Wildman–Crippen LogP) is 4.23. The number of hydrogen-bond donors (Lipinski definition) is 0. The summed E-state index contributed by atoms with van der Waals surface area (Å²) in [6.45, 7) is 8.34. The Balaban J connectivity index is 1.78. The lowest BCUT2D eigenvalue weighted by Crippen LogP contribution is -2.13. The van der Waals surface area contributed by atoms with Crippen LogP contribution in [-0.2, 0) is 6.54 Å². The fourth-order valence-corrected chi connectivity index (χ4v) is 3.37. The smallest absolute Gasteiger partial charge is 0.118 e. The predicted molar refractivity (Wildman–Crippen MR) is 95.2 cm³/mol. The van der Waals surface area contributed by atoms with Gasteiger partial charge in [0.05, 0.1) is 19.4 Å². The van der Waals surface area contributed by atoms with E-state index in [-0.39, 0.29) is 0 Å². The second kappa shape index (κ2) is 6.45. The van der Waals surface area contributed by atoms with E-state index in [1.807, 2.05) is 12.1 Å². The molecule has 0 aromatic heterocycles. The van der Waals surface area contributed by atoms with Crippen molar-refractivity contribution in [3.05, 3.63) is 64.2 Å². The van der Waals surface area contributed by atoms with Gasteiger partial charge in [0.1, 0.15) is 5.75 Å². The van der Waals surface area contributed by atoms with Gasteiger partial charge in [-0.2, -0.15) is 5.10 Å². The number of hydrogen-bond acceptors (Lipinski definition) is 3. The number of nitrogens with zero attached hydrogens (tertiary/aromatic N) is 2. The molecule has 120 valence electrons. The third-order valence-electron chi connectivity index (χ3n) is 4.36. The van der Waals surface area contributed by atoms with E-state index in [4.69, 9.17) is 9.84 Å². The Kier molecular flexibility index (Phi) is 4.37. The Bertz CT molecular complexity index is 709. The molecule has 0 amide bonds. The van der Waals surface area contributed by atoms with Crippen molar-refractivity contribution in [1.29, 1.82) is 0 Å². The molecule has 1 aliphatic heterocycles. The first kappa shape index (κ1) is 15.6. The van der Waals surface area contributed by atoms with E-state index in [0.717, 1.165) is 25.3 Å². The largest absolute Gasteiger partial charge is 0.497 e. The molecule has 2 aromatic rings. The van der Waals surface area contributed by atoms with Crippen molar-refractivity contribution >= 4 is 5.71 Å².